The Morgan fingerprint density at radius 1 is 0.810 bits per heavy atom. The van der Waals surface area contributed by atoms with Gasteiger partial charge in [0, 0.05) is 26.2 Å². The van der Waals surface area contributed by atoms with E-state index >= 15 is 0 Å². The molecule has 1 rings (SSSR count). The van der Waals surface area contributed by atoms with E-state index in [0.29, 0.717) is 0 Å². The molecule has 0 unspecified atom stereocenters. The smallest absolute Gasteiger partial charge is 0.0110 e. The van der Waals surface area contributed by atoms with Gasteiger partial charge in [0.1, 0.15) is 0 Å². The van der Waals surface area contributed by atoms with Gasteiger partial charge in [0.15, 0.2) is 0 Å². The van der Waals surface area contributed by atoms with Crippen LogP contribution in [0.2, 0.25) is 0 Å². The molecule has 0 aromatic heterocycles. The van der Waals surface area contributed by atoms with Gasteiger partial charge in [-0.05, 0) is 47.1 Å². The van der Waals surface area contributed by atoms with Gasteiger partial charge in [-0.1, -0.05) is 48.0 Å². The third-order valence-corrected chi connectivity index (χ3v) is 3.09. The van der Waals surface area contributed by atoms with Crippen LogP contribution in [0, 0.1) is 0 Å². The van der Waals surface area contributed by atoms with Crippen LogP contribution in [0.4, 0.5) is 0 Å². The first-order valence-electron chi connectivity index (χ1n) is 9.15. The molecule has 3 heteroatoms. The number of nitrogens with zero attached hydrogens (tertiary/aromatic N) is 3. The van der Waals surface area contributed by atoms with Gasteiger partial charge in [-0.2, -0.15) is 0 Å². The van der Waals surface area contributed by atoms with Crippen molar-refractivity contribution in [3.63, 3.8) is 0 Å². The summed E-state index contributed by atoms with van der Waals surface area (Å²) in [5, 5.41) is 0. The molecular weight excluding hydrogens is 258 g/mol. The highest BCUT2D eigenvalue weighted by molar-refractivity contribution is 4.68. The number of piperazine rings is 1. The summed E-state index contributed by atoms with van der Waals surface area (Å²) in [5.41, 5.74) is 0. The van der Waals surface area contributed by atoms with Crippen LogP contribution < -0.4 is 0 Å². The quantitative estimate of drug-likeness (QED) is 0.759. The number of rotatable bonds is 5. The Balaban J connectivity index is -0.000000277. The van der Waals surface area contributed by atoms with Crippen molar-refractivity contribution in [2.45, 2.75) is 60.8 Å². The van der Waals surface area contributed by atoms with Crippen molar-refractivity contribution in [2.75, 3.05) is 60.4 Å². The zero-order chi connectivity index (χ0) is 17.1. The molecule has 0 atom stereocenters. The molecular formula is C18H45N3. The van der Waals surface area contributed by atoms with Gasteiger partial charge in [-0.25, -0.2) is 0 Å². The van der Waals surface area contributed by atoms with E-state index in [-0.39, 0.29) is 0 Å². The monoisotopic (exact) mass is 303 g/mol. The average Bonchev–Trinajstić information content (AvgIpc) is 2.51. The number of likely N-dealkylation sites (N-methyl/N-ethyl adjacent to an activating group) is 1. The van der Waals surface area contributed by atoms with Crippen molar-refractivity contribution >= 4 is 0 Å². The fraction of sp³-hybridized carbons (Fsp3) is 1.00. The lowest BCUT2D eigenvalue weighted by molar-refractivity contribution is 0.152. The minimum absolute atomic E-state index is 1.21. The van der Waals surface area contributed by atoms with Crippen LogP contribution in [-0.4, -0.2) is 75.1 Å². The highest BCUT2D eigenvalue weighted by atomic mass is 15.2. The molecule has 0 aromatic carbocycles. The standard InChI is InChI=1S/C9H20N2.C5H13N.2C2H6/c1-3-4-5-11-8-6-10(2)7-9-11;1-4-5-6(2)3;2*1-2/h3-9H2,1-2H3;4-5H2,1-3H3;2*1-2H3. The van der Waals surface area contributed by atoms with E-state index < -0.39 is 0 Å². The van der Waals surface area contributed by atoms with Crippen molar-refractivity contribution in [1.82, 2.24) is 14.7 Å². The lowest BCUT2D eigenvalue weighted by Gasteiger charge is -2.32. The molecule has 0 aliphatic carbocycles. The Kier molecular flexibility index (Phi) is 27.2. The predicted octanol–water partition coefficient (Wildman–Crippen LogP) is 4.04. The molecule has 0 bridgehead atoms. The van der Waals surface area contributed by atoms with Gasteiger partial charge in [-0.15, -0.1) is 0 Å². The maximum Gasteiger partial charge on any atom is 0.0110 e. The molecule has 0 saturated carbocycles. The molecule has 1 aliphatic heterocycles. The Hall–Kier alpha value is -0.120. The van der Waals surface area contributed by atoms with E-state index in [1.54, 1.807) is 0 Å². The zero-order valence-corrected chi connectivity index (χ0v) is 16.7. The van der Waals surface area contributed by atoms with Crippen molar-refractivity contribution in [2.24, 2.45) is 0 Å². The van der Waals surface area contributed by atoms with Crippen molar-refractivity contribution in [1.29, 1.82) is 0 Å². The third kappa shape index (κ3) is 22.3. The molecule has 0 spiro atoms. The van der Waals surface area contributed by atoms with Crippen LogP contribution in [0.3, 0.4) is 0 Å². The van der Waals surface area contributed by atoms with Crippen molar-refractivity contribution in [3.05, 3.63) is 0 Å². The van der Waals surface area contributed by atoms with Gasteiger partial charge in [0.05, 0.1) is 0 Å². The Morgan fingerprint density at radius 2 is 1.29 bits per heavy atom. The molecule has 1 fully saturated rings. The van der Waals surface area contributed by atoms with Gasteiger partial charge in [-0.3, -0.25) is 0 Å². The second-order valence-electron chi connectivity index (χ2n) is 5.30. The second kappa shape index (κ2) is 22.2. The molecule has 1 heterocycles. The summed E-state index contributed by atoms with van der Waals surface area (Å²) in [6, 6.07) is 0. The topological polar surface area (TPSA) is 9.72 Å². The number of hydrogen-bond acceptors (Lipinski definition) is 3. The fourth-order valence-corrected chi connectivity index (χ4v) is 1.90. The lowest BCUT2D eigenvalue weighted by atomic mass is 10.3. The highest BCUT2D eigenvalue weighted by Crippen LogP contribution is 2.00. The molecule has 0 aromatic rings. The Bertz CT molecular complexity index is 150. The lowest BCUT2D eigenvalue weighted by Crippen LogP contribution is -2.44. The van der Waals surface area contributed by atoms with Crippen LogP contribution in [-0.2, 0) is 0 Å². The van der Waals surface area contributed by atoms with E-state index in [0.717, 1.165) is 0 Å². The Morgan fingerprint density at radius 3 is 1.57 bits per heavy atom. The van der Waals surface area contributed by atoms with Gasteiger partial charge in [0.25, 0.3) is 0 Å². The molecule has 0 N–H and O–H groups in total. The molecule has 21 heavy (non-hydrogen) atoms. The Labute approximate surface area is 136 Å². The van der Waals surface area contributed by atoms with Gasteiger partial charge in [0.2, 0.25) is 0 Å². The highest BCUT2D eigenvalue weighted by Gasteiger charge is 2.11. The first-order valence-corrected chi connectivity index (χ1v) is 9.15. The summed E-state index contributed by atoms with van der Waals surface area (Å²) >= 11 is 0. The van der Waals surface area contributed by atoms with E-state index in [9.17, 15) is 0 Å². The molecule has 3 nitrogen and oxygen atoms in total. The maximum absolute atomic E-state index is 2.57. The van der Waals surface area contributed by atoms with Crippen LogP contribution >= 0.6 is 0 Å². The minimum atomic E-state index is 1.21. The predicted molar refractivity (Wildman–Crippen MR) is 100 cm³/mol. The van der Waals surface area contributed by atoms with Crippen molar-refractivity contribution in [3.8, 4) is 0 Å². The fourth-order valence-electron chi connectivity index (χ4n) is 1.90. The second-order valence-corrected chi connectivity index (χ2v) is 5.30. The number of unbranched alkanes of at least 4 members (excludes halogenated alkanes) is 1. The molecule has 0 radical (unpaired) electrons. The first-order chi connectivity index (χ1) is 10.1. The van der Waals surface area contributed by atoms with Gasteiger partial charge >= 0.3 is 0 Å². The first kappa shape index (κ1) is 25.8. The van der Waals surface area contributed by atoms with Crippen LogP contribution in [0.1, 0.15) is 60.8 Å². The van der Waals surface area contributed by atoms with E-state index in [2.05, 4.69) is 49.7 Å². The van der Waals surface area contributed by atoms with Crippen molar-refractivity contribution < 1.29 is 0 Å². The van der Waals surface area contributed by atoms with Gasteiger partial charge < -0.3 is 14.7 Å². The van der Waals surface area contributed by atoms with E-state index in [1.807, 2.05) is 27.7 Å². The minimum Gasteiger partial charge on any atom is -0.309 e. The summed E-state index contributed by atoms with van der Waals surface area (Å²) in [7, 11) is 6.38. The molecule has 132 valence electrons. The average molecular weight is 304 g/mol. The van der Waals surface area contributed by atoms with Crippen LogP contribution in [0.15, 0.2) is 0 Å². The van der Waals surface area contributed by atoms with E-state index in [4.69, 9.17) is 0 Å². The summed E-state index contributed by atoms with van der Waals surface area (Å²) in [6.07, 6.45) is 3.95. The maximum atomic E-state index is 2.57. The molecule has 1 aliphatic rings. The van der Waals surface area contributed by atoms with Crippen LogP contribution in [0.5, 0.6) is 0 Å². The summed E-state index contributed by atoms with van der Waals surface area (Å²) in [4.78, 5) is 7.16. The molecule has 1 saturated heterocycles. The summed E-state index contributed by atoms with van der Waals surface area (Å²) < 4.78 is 0. The van der Waals surface area contributed by atoms with E-state index in [1.165, 1.54) is 58.5 Å². The zero-order valence-electron chi connectivity index (χ0n) is 16.7. The normalized spacial score (nSPS) is 15.1. The molecule has 0 amide bonds. The number of hydrogen-bond donors (Lipinski definition) is 0. The van der Waals surface area contributed by atoms with Crippen LogP contribution in [0.25, 0.3) is 0 Å². The SMILES string of the molecule is CC.CC.CCCCN1CCN(C)CC1.CCCN(C)C. The largest absolute Gasteiger partial charge is 0.309 e. The summed E-state index contributed by atoms with van der Waals surface area (Å²) in [6.45, 7) is 20.0. The third-order valence-electron chi connectivity index (χ3n) is 3.09. The summed E-state index contributed by atoms with van der Waals surface area (Å²) in [5.74, 6) is 0.